The standard InChI is InChI=1S/C16H21Cl2NO3/c1-4-6-9-22-16(21)15(5-2)19(11(3)20)12-7-8-13(17)14(18)10-12/h7-8,10,15H,4-6,9H2,1-3H3. The summed E-state index contributed by atoms with van der Waals surface area (Å²) >= 11 is 11.9. The SMILES string of the molecule is CCCCOC(=O)C(CC)N(C(C)=O)c1ccc(Cl)c(Cl)c1. The van der Waals surface area contributed by atoms with E-state index in [1.165, 1.54) is 11.8 Å². The van der Waals surface area contributed by atoms with Crippen LogP contribution in [0, 0.1) is 0 Å². The lowest BCUT2D eigenvalue weighted by Gasteiger charge is -2.29. The van der Waals surface area contributed by atoms with Crippen LogP contribution in [0.3, 0.4) is 0 Å². The van der Waals surface area contributed by atoms with Gasteiger partial charge in [-0.2, -0.15) is 0 Å². The molecule has 1 amide bonds. The van der Waals surface area contributed by atoms with Gasteiger partial charge in [-0.1, -0.05) is 43.5 Å². The van der Waals surface area contributed by atoms with Crippen molar-refractivity contribution in [3.63, 3.8) is 0 Å². The Morgan fingerprint density at radius 3 is 2.41 bits per heavy atom. The predicted octanol–water partition coefficient (Wildman–Crippen LogP) is 4.47. The first-order chi connectivity index (χ1) is 10.4. The van der Waals surface area contributed by atoms with E-state index in [1.807, 2.05) is 13.8 Å². The molecule has 0 aliphatic rings. The Labute approximate surface area is 141 Å². The van der Waals surface area contributed by atoms with Gasteiger partial charge in [0.05, 0.1) is 16.7 Å². The average Bonchev–Trinajstić information content (AvgIpc) is 2.47. The van der Waals surface area contributed by atoms with Crippen molar-refractivity contribution < 1.29 is 14.3 Å². The summed E-state index contributed by atoms with van der Waals surface area (Å²) in [6.45, 7) is 5.62. The number of benzene rings is 1. The Morgan fingerprint density at radius 2 is 1.91 bits per heavy atom. The zero-order chi connectivity index (χ0) is 16.7. The van der Waals surface area contributed by atoms with E-state index in [9.17, 15) is 9.59 Å². The lowest BCUT2D eigenvalue weighted by molar-refractivity contribution is -0.146. The molecule has 1 atom stereocenters. The molecule has 4 nitrogen and oxygen atoms in total. The molecule has 1 aromatic rings. The largest absolute Gasteiger partial charge is 0.464 e. The van der Waals surface area contributed by atoms with Crippen LogP contribution in [-0.4, -0.2) is 24.5 Å². The Hall–Kier alpha value is -1.26. The van der Waals surface area contributed by atoms with Crippen LogP contribution < -0.4 is 4.90 Å². The maximum absolute atomic E-state index is 12.2. The number of halogens is 2. The van der Waals surface area contributed by atoms with Crippen molar-refractivity contribution in [3.8, 4) is 0 Å². The lowest BCUT2D eigenvalue weighted by atomic mass is 10.1. The Morgan fingerprint density at radius 1 is 1.23 bits per heavy atom. The number of ether oxygens (including phenoxy) is 1. The van der Waals surface area contributed by atoms with Crippen LogP contribution in [0.25, 0.3) is 0 Å². The first kappa shape index (κ1) is 18.8. The van der Waals surface area contributed by atoms with Gasteiger partial charge in [-0.25, -0.2) is 4.79 Å². The van der Waals surface area contributed by atoms with Crippen LogP contribution in [0.5, 0.6) is 0 Å². The minimum absolute atomic E-state index is 0.252. The monoisotopic (exact) mass is 345 g/mol. The lowest BCUT2D eigenvalue weighted by Crippen LogP contribution is -2.45. The smallest absolute Gasteiger partial charge is 0.329 e. The molecule has 22 heavy (non-hydrogen) atoms. The average molecular weight is 346 g/mol. The molecule has 1 aromatic carbocycles. The fourth-order valence-corrected chi connectivity index (χ4v) is 2.38. The van der Waals surface area contributed by atoms with E-state index < -0.39 is 12.0 Å². The molecule has 0 heterocycles. The zero-order valence-electron chi connectivity index (χ0n) is 13.1. The first-order valence-electron chi connectivity index (χ1n) is 7.33. The maximum Gasteiger partial charge on any atom is 0.329 e. The number of amides is 1. The van der Waals surface area contributed by atoms with Crippen molar-refractivity contribution in [3.05, 3.63) is 28.2 Å². The number of esters is 1. The third kappa shape index (κ3) is 4.89. The highest BCUT2D eigenvalue weighted by Crippen LogP contribution is 2.29. The molecule has 1 rings (SSSR count). The fraction of sp³-hybridized carbons (Fsp3) is 0.500. The second kappa shape index (κ2) is 9.01. The molecule has 0 aliphatic carbocycles. The molecule has 0 N–H and O–H groups in total. The molecular formula is C16H21Cl2NO3. The second-order valence-electron chi connectivity index (χ2n) is 4.93. The van der Waals surface area contributed by atoms with E-state index in [0.717, 1.165) is 12.8 Å². The van der Waals surface area contributed by atoms with Crippen molar-refractivity contribution in [1.82, 2.24) is 0 Å². The van der Waals surface area contributed by atoms with Crippen molar-refractivity contribution in [1.29, 1.82) is 0 Å². The Kier molecular flexibility index (Phi) is 7.69. The molecule has 0 saturated heterocycles. The number of unbranched alkanes of at least 4 members (excludes halogenated alkanes) is 1. The summed E-state index contributed by atoms with van der Waals surface area (Å²) in [5.74, 6) is -0.657. The van der Waals surface area contributed by atoms with Gasteiger partial charge in [0.15, 0.2) is 0 Å². The van der Waals surface area contributed by atoms with Gasteiger partial charge in [-0.05, 0) is 31.0 Å². The summed E-state index contributed by atoms with van der Waals surface area (Å²) < 4.78 is 5.25. The summed E-state index contributed by atoms with van der Waals surface area (Å²) in [6, 6.07) is 4.17. The number of hydrogen-bond acceptors (Lipinski definition) is 3. The van der Waals surface area contributed by atoms with Crippen molar-refractivity contribution >= 4 is 40.8 Å². The maximum atomic E-state index is 12.2. The molecule has 1 unspecified atom stereocenters. The summed E-state index contributed by atoms with van der Waals surface area (Å²) in [4.78, 5) is 25.7. The second-order valence-corrected chi connectivity index (χ2v) is 5.75. The van der Waals surface area contributed by atoms with Gasteiger partial charge >= 0.3 is 5.97 Å². The van der Waals surface area contributed by atoms with Gasteiger partial charge in [0.1, 0.15) is 6.04 Å². The Bertz CT molecular complexity index is 534. The highest BCUT2D eigenvalue weighted by Gasteiger charge is 2.29. The van der Waals surface area contributed by atoms with Gasteiger partial charge in [0, 0.05) is 12.6 Å². The van der Waals surface area contributed by atoms with E-state index in [0.29, 0.717) is 28.8 Å². The van der Waals surface area contributed by atoms with E-state index in [1.54, 1.807) is 18.2 Å². The molecule has 122 valence electrons. The van der Waals surface area contributed by atoms with Crippen LogP contribution in [-0.2, 0) is 14.3 Å². The zero-order valence-corrected chi connectivity index (χ0v) is 14.6. The van der Waals surface area contributed by atoms with Crippen LogP contribution in [0.15, 0.2) is 18.2 Å². The highest BCUT2D eigenvalue weighted by molar-refractivity contribution is 6.42. The summed E-state index contributed by atoms with van der Waals surface area (Å²) in [7, 11) is 0. The molecule has 0 bridgehead atoms. The molecule has 0 aliphatic heterocycles. The molecule has 0 aromatic heterocycles. The third-order valence-electron chi connectivity index (χ3n) is 3.23. The molecule has 0 fully saturated rings. The van der Waals surface area contributed by atoms with Gasteiger partial charge < -0.3 is 4.74 Å². The van der Waals surface area contributed by atoms with Gasteiger partial charge in [-0.3, -0.25) is 9.69 Å². The van der Waals surface area contributed by atoms with Gasteiger partial charge in [0.25, 0.3) is 0 Å². The van der Waals surface area contributed by atoms with E-state index >= 15 is 0 Å². The minimum Gasteiger partial charge on any atom is -0.464 e. The number of carbonyl (C=O) groups is 2. The first-order valence-corrected chi connectivity index (χ1v) is 8.09. The van der Waals surface area contributed by atoms with Crippen molar-refractivity contribution in [2.75, 3.05) is 11.5 Å². The van der Waals surface area contributed by atoms with Crippen LogP contribution in [0.4, 0.5) is 5.69 Å². The number of rotatable bonds is 7. The van der Waals surface area contributed by atoms with E-state index in [-0.39, 0.29) is 5.91 Å². The number of hydrogen-bond donors (Lipinski definition) is 0. The van der Waals surface area contributed by atoms with Crippen LogP contribution >= 0.6 is 23.2 Å². The van der Waals surface area contributed by atoms with Crippen molar-refractivity contribution in [2.24, 2.45) is 0 Å². The normalized spacial score (nSPS) is 11.9. The predicted molar refractivity (Wildman–Crippen MR) is 89.6 cm³/mol. The fourth-order valence-electron chi connectivity index (χ4n) is 2.08. The quantitative estimate of drug-likeness (QED) is 0.541. The molecule has 6 heteroatoms. The molecular weight excluding hydrogens is 325 g/mol. The minimum atomic E-state index is -0.674. The molecule has 0 saturated carbocycles. The van der Waals surface area contributed by atoms with Gasteiger partial charge in [-0.15, -0.1) is 0 Å². The number of carbonyl (C=O) groups excluding carboxylic acids is 2. The molecule has 0 radical (unpaired) electrons. The van der Waals surface area contributed by atoms with Crippen LogP contribution in [0.1, 0.15) is 40.0 Å². The van der Waals surface area contributed by atoms with E-state index in [2.05, 4.69) is 0 Å². The van der Waals surface area contributed by atoms with Gasteiger partial charge in [0.2, 0.25) is 5.91 Å². The Balaban J connectivity index is 3.02. The number of nitrogens with zero attached hydrogens (tertiary/aromatic N) is 1. The third-order valence-corrected chi connectivity index (χ3v) is 3.97. The molecule has 0 spiro atoms. The number of anilines is 1. The highest BCUT2D eigenvalue weighted by atomic mass is 35.5. The summed E-state index contributed by atoms with van der Waals surface area (Å²) in [5.41, 5.74) is 0.529. The van der Waals surface area contributed by atoms with Crippen molar-refractivity contribution in [2.45, 2.75) is 46.1 Å². The van der Waals surface area contributed by atoms with Crippen LogP contribution in [0.2, 0.25) is 10.0 Å². The van der Waals surface area contributed by atoms with E-state index in [4.69, 9.17) is 27.9 Å². The topological polar surface area (TPSA) is 46.6 Å². The summed E-state index contributed by atoms with van der Waals surface area (Å²) in [6.07, 6.45) is 2.19. The summed E-state index contributed by atoms with van der Waals surface area (Å²) in [5, 5.41) is 0.729.